The standard InChI is InChI=1S/C18H11ClF2N2O6/c1-27-14-5-2-9(7-15(14)28-18(20)21)6-12-17(24)29-16(22-12)10-3-4-11(19)13(8-10)23(25)26/h2-8,18H,1H3/b12-6-. The molecule has 0 spiro atoms. The second-order valence-corrected chi connectivity index (χ2v) is 5.96. The van der Waals surface area contributed by atoms with Crippen LogP contribution in [-0.2, 0) is 9.53 Å². The van der Waals surface area contributed by atoms with E-state index in [9.17, 15) is 23.7 Å². The number of nitro benzene ring substituents is 1. The van der Waals surface area contributed by atoms with Crippen molar-refractivity contribution in [3.8, 4) is 11.5 Å². The summed E-state index contributed by atoms with van der Waals surface area (Å²) in [6.45, 7) is -3.06. The van der Waals surface area contributed by atoms with Gasteiger partial charge in [0.15, 0.2) is 17.2 Å². The SMILES string of the molecule is COc1ccc(/C=C2\N=C(c3ccc(Cl)c([N+](=O)[O-])c3)OC2=O)cc1OC(F)F. The lowest BCUT2D eigenvalue weighted by Crippen LogP contribution is -2.06. The molecule has 0 radical (unpaired) electrons. The van der Waals surface area contributed by atoms with Crippen LogP contribution in [0.2, 0.25) is 5.02 Å². The molecule has 0 unspecified atom stereocenters. The Bertz CT molecular complexity index is 1050. The van der Waals surface area contributed by atoms with Gasteiger partial charge in [-0.1, -0.05) is 17.7 Å². The number of nitrogens with zero attached hydrogens (tertiary/aromatic N) is 2. The van der Waals surface area contributed by atoms with Gasteiger partial charge in [-0.15, -0.1) is 0 Å². The summed E-state index contributed by atoms with van der Waals surface area (Å²) in [7, 11) is 1.29. The van der Waals surface area contributed by atoms with E-state index in [1.807, 2.05) is 0 Å². The topological polar surface area (TPSA) is 100 Å². The van der Waals surface area contributed by atoms with Gasteiger partial charge in [-0.2, -0.15) is 8.78 Å². The number of alkyl halides is 2. The van der Waals surface area contributed by atoms with E-state index in [1.165, 1.54) is 43.5 Å². The van der Waals surface area contributed by atoms with Crippen molar-refractivity contribution in [2.45, 2.75) is 6.61 Å². The van der Waals surface area contributed by atoms with Gasteiger partial charge in [-0.3, -0.25) is 10.1 Å². The van der Waals surface area contributed by atoms with Crippen molar-refractivity contribution in [3.63, 3.8) is 0 Å². The quantitative estimate of drug-likeness (QED) is 0.298. The number of cyclic esters (lactones) is 1. The van der Waals surface area contributed by atoms with Gasteiger partial charge in [0.1, 0.15) is 5.02 Å². The van der Waals surface area contributed by atoms with Gasteiger partial charge in [0.05, 0.1) is 12.0 Å². The summed E-state index contributed by atoms with van der Waals surface area (Å²) in [6, 6.07) is 7.94. The summed E-state index contributed by atoms with van der Waals surface area (Å²) in [5, 5.41) is 10.9. The third-order valence-corrected chi connectivity index (χ3v) is 4.04. The van der Waals surface area contributed by atoms with Crippen LogP contribution >= 0.6 is 11.6 Å². The zero-order valence-corrected chi connectivity index (χ0v) is 15.4. The van der Waals surface area contributed by atoms with Gasteiger partial charge in [0, 0.05) is 11.6 Å². The normalized spacial score (nSPS) is 14.7. The van der Waals surface area contributed by atoms with E-state index in [0.717, 1.165) is 6.07 Å². The zero-order chi connectivity index (χ0) is 21.1. The van der Waals surface area contributed by atoms with Gasteiger partial charge < -0.3 is 14.2 Å². The molecule has 0 aromatic heterocycles. The van der Waals surface area contributed by atoms with E-state index in [2.05, 4.69) is 9.73 Å². The molecule has 0 aliphatic carbocycles. The highest BCUT2D eigenvalue weighted by Gasteiger charge is 2.26. The van der Waals surface area contributed by atoms with Crippen LogP contribution in [0.25, 0.3) is 6.08 Å². The molecule has 29 heavy (non-hydrogen) atoms. The van der Waals surface area contributed by atoms with Gasteiger partial charge in [0.2, 0.25) is 5.90 Å². The number of esters is 1. The molecule has 8 nitrogen and oxygen atoms in total. The predicted molar refractivity (Wildman–Crippen MR) is 98.3 cm³/mol. The Kier molecular flexibility index (Phi) is 5.74. The molecule has 3 rings (SSSR count). The summed E-state index contributed by atoms with van der Waals surface area (Å²) in [5.74, 6) is -1.11. The monoisotopic (exact) mass is 424 g/mol. The Morgan fingerprint density at radius 3 is 2.66 bits per heavy atom. The highest BCUT2D eigenvalue weighted by molar-refractivity contribution is 6.32. The molecule has 0 N–H and O–H groups in total. The maximum atomic E-state index is 12.5. The van der Waals surface area contributed by atoms with Crippen molar-refractivity contribution in [3.05, 3.63) is 68.4 Å². The average molecular weight is 425 g/mol. The Morgan fingerprint density at radius 1 is 1.24 bits per heavy atom. The van der Waals surface area contributed by atoms with Gasteiger partial charge >= 0.3 is 12.6 Å². The first-order valence-corrected chi connectivity index (χ1v) is 8.26. The second kappa shape index (κ2) is 8.23. The van der Waals surface area contributed by atoms with Crippen molar-refractivity contribution in [2.75, 3.05) is 7.11 Å². The van der Waals surface area contributed by atoms with E-state index < -0.39 is 17.5 Å². The third kappa shape index (κ3) is 4.49. The molecule has 0 fully saturated rings. The van der Waals surface area contributed by atoms with Crippen LogP contribution in [-0.4, -0.2) is 30.5 Å². The summed E-state index contributed by atoms with van der Waals surface area (Å²) in [6.07, 6.45) is 1.29. The molecule has 0 amide bonds. The van der Waals surface area contributed by atoms with Crippen LogP contribution in [0, 0.1) is 10.1 Å². The predicted octanol–water partition coefficient (Wildman–Crippen LogP) is 4.20. The Balaban J connectivity index is 1.95. The molecular formula is C18H11ClF2N2O6. The Hall–Kier alpha value is -3.53. The minimum atomic E-state index is -3.06. The molecule has 0 saturated carbocycles. The summed E-state index contributed by atoms with van der Waals surface area (Å²) < 4.78 is 39.5. The number of carbonyl (C=O) groups is 1. The number of methoxy groups -OCH3 is 1. The number of aliphatic imine (C=N–C) groups is 1. The Morgan fingerprint density at radius 2 is 2.00 bits per heavy atom. The van der Waals surface area contributed by atoms with Gasteiger partial charge in [-0.05, 0) is 35.9 Å². The minimum absolute atomic E-state index is 0.0794. The number of hydrogen-bond donors (Lipinski definition) is 0. The van der Waals surface area contributed by atoms with Crippen molar-refractivity contribution in [2.24, 2.45) is 4.99 Å². The van der Waals surface area contributed by atoms with Crippen LogP contribution in [0.1, 0.15) is 11.1 Å². The maximum Gasteiger partial charge on any atom is 0.387 e. The molecule has 1 aliphatic heterocycles. The minimum Gasteiger partial charge on any atom is -0.493 e. The smallest absolute Gasteiger partial charge is 0.387 e. The van der Waals surface area contributed by atoms with Crippen molar-refractivity contribution >= 4 is 35.2 Å². The molecule has 0 saturated heterocycles. The molecule has 0 bridgehead atoms. The molecule has 2 aromatic carbocycles. The average Bonchev–Trinajstić information content (AvgIpc) is 3.02. The molecule has 1 aliphatic rings. The molecule has 0 atom stereocenters. The lowest BCUT2D eigenvalue weighted by Gasteiger charge is -2.10. The molecule has 2 aromatic rings. The number of hydrogen-bond acceptors (Lipinski definition) is 7. The van der Waals surface area contributed by atoms with Crippen LogP contribution in [0.15, 0.2) is 47.1 Å². The molecule has 11 heteroatoms. The van der Waals surface area contributed by atoms with E-state index in [-0.39, 0.29) is 39.4 Å². The number of ether oxygens (including phenoxy) is 3. The maximum absolute atomic E-state index is 12.5. The first-order chi connectivity index (χ1) is 13.8. The fraction of sp³-hybridized carbons (Fsp3) is 0.111. The largest absolute Gasteiger partial charge is 0.493 e. The fourth-order valence-corrected chi connectivity index (χ4v) is 2.63. The lowest BCUT2D eigenvalue weighted by molar-refractivity contribution is -0.384. The van der Waals surface area contributed by atoms with Gasteiger partial charge in [-0.25, -0.2) is 9.79 Å². The summed E-state index contributed by atoms with van der Waals surface area (Å²) in [5.41, 5.74) is -0.00940. The van der Waals surface area contributed by atoms with Crippen molar-refractivity contribution in [1.29, 1.82) is 0 Å². The van der Waals surface area contributed by atoms with Crippen molar-refractivity contribution < 1.29 is 32.7 Å². The lowest BCUT2D eigenvalue weighted by atomic mass is 10.1. The number of halogens is 3. The first kappa shape index (κ1) is 20.2. The van der Waals surface area contributed by atoms with Crippen LogP contribution in [0.3, 0.4) is 0 Å². The van der Waals surface area contributed by atoms with Crippen LogP contribution in [0.5, 0.6) is 11.5 Å². The number of benzene rings is 2. The van der Waals surface area contributed by atoms with Gasteiger partial charge in [0.25, 0.3) is 5.69 Å². The molecule has 1 heterocycles. The van der Waals surface area contributed by atoms with E-state index in [4.69, 9.17) is 21.1 Å². The van der Waals surface area contributed by atoms with Crippen LogP contribution < -0.4 is 9.47 Å². The van der Waals surface area contributed by atoms with E-state index in [1.54, 1.807) is 0 Å². The first-order valence-electron chi connectivity index (χ1n) is 7.88. The zero-order valence-electron chi connectivity index (χ0n) is 14.6. The van der Waals surface area contributed by atoms with Crippen molar-refractivity contribution in [1.82, 2.24) is 0 Å². The summed E-state index contributed by atoms with van der Waals surface area (Å²) >= 11 is 5.76. The number of rotatable bonds is 6. The van der Waals surface area contributed by atoms with Crippen LogP contribution in [0.4, 0.5) is 14.5 Å². The highest BCUT2D eigenvalue weighted by Crippen LogP contribution is 2.31. The van der Waals surface area contributed by atoms with E-state index in [0.29, 0.717) is 5.56 Å². The second-order valence-electron chi connectivity index (χ2n) is 5.55. The fourth-order valence-electron chi connectivity index (χ4n) is 2.45. The third-order valence-electron chi connectivity index (χ3n) is 3.72. The van der Waals surface area contributed by atoms with E-state index >= 15 is 0 Å². The Labute approximate surface area is 167 Å². The number of carbonyl (C=O) groups excluding carboxylic acids is 1. The molecule has 150 valence electrons. The molecular weight excluding hydrogens is 414 g/mol. The number of nitro groups is 1. The summed E-state index contributed by atoms with van der Waals surface area (Å²) in [4.78, 5) is 26.4. The highest BCUT2D eigenvalue weighted by atomic mass is 35.5.